The van der Waals surface area contributed by atoms with Crippen LogP contribution in [0.3, 0.4) is 0 Å². The molecule has 32 heavy (non-hydrogen) atoms. The maximum Gasteiger partial charge on any atom is 0.263 e. The van der Waals surface area contributed by atoms with Crippen LogP contribution in [0.15, 0.2) is 57.3 Å². The van der Waals surface area contributed by atoms with Crippen LogP contribution in [0.5, 0.6) is 11.5 Å². The van der Waals surface area contributed by atoms with Gasteiger partial charge in [0.2, 0.25) is 18.5 Å². The topological polar surface area (TPSA) is 123 Å². The summed E-state index contributed by atoms with van der Waals surface area (Å²) in [5.74, 6) is 0.633. The molecule has 1 fully saturated rings. The fourth-order valence-electron chi connectivity index (χ4n) is 3.84. The monoisotopic (exact) mass is 452 g/mol. The Morgan fingerprint density at radius 1 is 1.06 bits per heavy atom. The summed E-state index contributed by atoms with van der Waals surface area (Å²) in [6.07, 6.45) is 0. The Hall–Kier alpha value is -3.99. The van der Waals surface area contributed by atoms with E-state index in [1.807, 2.05) is 6.07 Å². The highest BCUT2D eigenvalue weighted by Gasteiger charge is 2.55. The third kappa shape index (κ3) is 2.82. The minimum absolute atomic E-state index is 0.0100. The third-order valence-corrected chi connectivity index (χ3v) is 5.68. The van der Waals surface area contributed by atoms with Crippen LogP contribution in [-0.4, -0.2) is 45.8 Å². The molecule has 0 bridgehead atoms. The molecule has 0 radical (unpaired) electrons. The molecule has 3 aliphatic rings. The minimum Gasteiger partial charge on any atom is -0.454 e. The minimum atomic E-state index is -0.945. The van der Waals surface area contributed by atoms with Crippen molar-refractivity contribution in [3.8, 4) is 22.9 Å². The van der Waals surface area contributed by atoms with Crippen molar-refractivity contribution in [2.75, 3.05) is 11.7 Å². The van der Waals surface area contributed by atoms with Crippen molar-refractivity contribution in [1.29, 1.82) is 0 Å². The number of amides is 2. The molecule has 11 nitrogen and oxygen atoms in total. The highest BCUT2D eigenvalue weighted by atomic mass is 35.5. The van der Waals surface area contributed by atoms with Crippen LogP contribution in [0.2, 0.25) is 5.02 Å². The lowest BCUT2D eigenvalue weighted by molar-refractivity contribution is -0.123. The molecule has 2 atom stereocenters. The first-order valence-corrected chi connectivity index (χ1v) is 10.0. The van der Waals surface area contributed by atoms with Crippen molar-refractivity contribution in [2.45, 2.75) is 18.6 Å². The summed E-state index contributed by atoms with van der Waals surface area (Å²) in [6, 6.07) is 10.1. The quantitative estimate of drug-likeness (QED) is 0.553. The van der Waals surface area contributed by atoms with Gasteiger partial charge in [-0.25, -0.2) is 4.90 Å². The molecule has 2 amide bonds. The van der Waals surface area contributed by atoms with E-state index in [-0.39, 0.29) is 19.2 Å². The van der Waals surface area contributed by atoms with Crippen LogP contribution in [0, 0.1) is 0 Å². The van der Waals surface area contributed by atoms with Crippen LogP contribution in [0.4, 0.5) is 5.69 Å². The Balaban J connectivity index is 1.24. The van der Waals surface area contributed by atoms with Gasteiger partial charge < -0.3 is 14.0 Å². The van der Waals surface area contributed by atoms with Gasteiger partial charge in [0.1, 0.15) is 6.54 Å². The standard InChI is InChI=1S/C20H13ClN6O5/c21-12-4-2-1-3-11(12)18-22-15(32-24-18)8-26-17-16(23-25-26)19(28)27(20(17)29)10-5-6-13-14(7-10)31-9-30-13/h1-7,16-17H,8-9H2. The van der Waals surface area contributed by atoms with Gasteiger partial charge in [-0.2, -0.15) is 10.1 Å². The molecule has 2 aromatic carbocycles. The molecule has 3 aliphatic heterocycles. The number of anilines is 1. The smallest absolute Gasteiger partial charge is 0.263 e. The lowest BCUT2D eigenvalue weighted by Gasteiger charge is -2.19. The number of halogens is 1. The number of carbonyl (C=O) groups is 2. The molecule has 0 N–H and O–H groups in total. The normalized spacial score (nSPS) is 21.0. The van der Waals surface area contributed by atoms with Crippen molar-refractivity contribution >= 4 is 29.1 Å². The number of ether oxygens (including phenoxy) is 2. The lowest BCUT2D eigenvalue weighted by atomic mass is 10.1. The zero-order chi connectivity index (χ0) is 21.8. The molecule has 3 aromatic rings. The largest absolute Gasteiger partial charge is 0.454 e. The molecule has 0 saturated carbocycles. The molecule has 1 aromatic heterocycles. The fourth-order valence-corrected chi connectivity index (χ4v) is 4.06. The number of nitrogens with zero attached hydrogens (tertiary/aromatic N) is 6. The van der Waals surface area contributed by atoms with Gasteiger partial charge in [0.05, 0.1) is 10.7 Å². The molecule has 12 heteroatoms. The second kappa shape index (κ2) is 7.02. The number of imide groups is 1. The number of aromatic nitrogens is 2. The van der Waals surface area contributed by atoms with Crippen LogP contribution in [0.25, 0.3) is 11.4 Å². The summed E-state index contributed by atoms with van der Waals surface area (Å²) >= 11 is 6.19. The summed E-state index contributed by atoms with van der Waals surface area (Å²) in [4.78, 5) is 31.5. The number of rotatable bonds is 4. The average molecular weight is 453 g/mol. The summed E-state index contributed by atoms with van der Waals surface area (Å²) in [5.41, 5.74) is 0.999. The summed E-state index contributed by atoms with van der Waals surface area (Å²) < 4.78 is 15.9. The maximum absolute atomic E-state index is 13.2. The van der Waals surface area contributed by atoms with E-state index in [1.165, 1.54) is 5.01 Å². The van der Waals surface area contributed by atoms with Gasteiger partial charge in [-0.05, 0) is 24.3 Å². The summed E-state index contributed by atoms with van der Waals surface area (Å²) in [5, 5.41) is 13.8. The van der Waals surface area contributed by atoms with Gasteiger partial charge >= 0.3 is 0 Å². The number of hydrogen-bond acceptors (Lipinski definition) is 10. The summed E-state index contributed by atoms with van der Waals surface area (Å²) in [7, 11) is 0. The number of fused-ring (bicyclic) bond motifs is 2. The first-order chi connectivity index (χ1) is 15.6. The molecular formula is C20H13ClN6O5. The predicted octanol–water partition coefficient (Wildman–Crippen LogP) is 2.61. The van der Waals surface area contributed by atoms with Gasteiger partial charge in [0, 0.05) is 11.6 Å². The SMILES string of the molecule is O=C1C2N=NN(Cc3nc(-c4ccccc4Cl)no3)C2C(=O)N1c1ccc2c(c1)OCO2. The van der Waals surface area contributed by atoms with Crippen molar-refractivity contribution in [1.82, 2.24) is 15.1 Å². The zero-order valence-corrected chi connectivity index (χ0v) is 17.0. The van der Waals surface area contributed by atoms with Crippen molar-refractivity contribution in [3.63, 3.8) is 0 Å². The Morgan fingerprint density at radius 3 is 2.78 bits per heavy atom. The predicted molar refractivity (Wildman–Crippen MR) is 108 cm³/mol. The first kappa shape index (κ1) is 18.8. The molecule has 0 aliphatic carbocycles. The zero-order valence-electron chi connectivity index (χ0n) is 16.2. The number of hydrogen-bond donors (Lipinski definition) is 0. The van der Waals surface area contributed by atoms with E-state index in [4.69, 9.17) is 25.6 Å². The second-order valence-electron chi connectivity index (χ2n) is 7.23. The molecule has 1 saturated heterocycles. The highest BCUT2D eigenvalue weighted by Crippen LogP contribution is 2.39. The van der Waals surface area contributed by atoms with E-state index in [0.29, 0.717) is 33.6 Å². The second-order valence-corrected chi connectivity index (χ2v) is 7.64. The average Bonchev–Trinajstić information content (AvgIpc) is 3.56. The van der Waals surface area contributed by atoms with E-state index >= 15 is 0 Å². The van der Waals surface area contributed by atoms with E-state index < -0.39 is 23.9 Å². The lowest BCUT2D eigenvalue weighted by Crippen LogP contribution is -2.39. The third-order valence-electron chi connectivity index (χ3n) is 5.35. The fraction of sp³-hybridized carbons (Fsp3) is 0.200. The Labute approximate surface area is 185 Å². The van der Waals surface area contributed by atoms with Gasteiger partial charge in [-0.15, -0.1) is 0 Å². The Kier molecular flexibility index (Phi) is 4.12. The van der Waals surface area contributed by atoms with Crippen LogP contribution < -0.4 is 14.4 Å². The molecule has 6 rings (SSSR count). The maximum atomic E-state index is 13.2. The van der Waals surface area contributed by atoms with Gasteiger partial charge in [0.25, 0.3) is 11.8 Å². The molecule has 2 unspecified atom stereocenters. The molecule has 0 spiro atoms. The van der Waals surface area contributed by atoms with Crippen LogP contribution in [0.1, 0.15) is 5.89 Å². The van der Waals surface area contributed by atoms with E-state index in [2.05, 4.69) is 20.5 Å². The first-order valence-electron chi connectivity index (χ1n) is 9.62. The van der Waals surface area contributed by atoms with Crippen LogP contribution in [-0.2, 0) is 16.1 Å². The number of carbonyl (C=O) groups excluding carboxylic acids is 2. The highest BCUT2D eigenvalue weighted by molar-refractivity contribution is 6.33. The number of benzene rings is 2. The molecular weight excluding hydrogens is 440 g/mol. The van der Waals surface area contributed by atoms with Crippen molar-refractivity contribution in [2.24, 2.45) is 10.3 Å². The van der Waals surface area contributed by atoms with Crippen molar-refractivity contribution in [3.05, 3.63) is 53.4 Å². The van der Waals surface area contributed by atoms with Crippen molar-refractivity contribution < 1.29 is 23.6 Å². The van der Waals surface area contributed by atoms with Gasteiger partial charge in [0.15, 0.2) is 23.6 Å². The van der Waals surface area contributed by atoms with E-state index in [9.17, 15) is 9.59 Å². The Morgan fingerprint density at radius 2 is 1.91 bits per heavy atom. The van der Waals surface area contributed by atoms with E-state index in [1.54, 1.807) is 36.4 Å². The Bertz CT molecular complexity index is 1290. The summed E-state index contributed by atoms with van der Waals surface area (Å²) in [6.45, 7) is 0.102. The molecule has 160 valence electrons. The van der Waals surface area contributed by atoms with Gasteiger partial charge in [-0.3, -0.25) is 14.6 Å². The van der Waals surface area contributed by atoms with E-state index in [0.717, 1.165) is 4.90 Å². The van der Waals surface area contributed by atoms with Gasteiger partial charge in [-0.1, -0.05) is 34.1 Å². The molecule has 4 heterocycles. The van der Waals surface area contributed by atoms with Crippen LogP contribution >= 0.6 is 11.6 Å².